The number of imide groups is 2. The number of rotatable bonds is 6. The van der Waals surface area contributed by atoms with Crippen LogP contribution in [0.4, 0.5) is 16.2 Å². The van der Waals surface area contributed by atoms with Crippen LogP contribution >= 0.6 is 27.5 Å². The topological polar surface area (TPSA) is 105 Å². The van der Waals surface area contributed by atoms with Gasteiger partial charge >= 0.3 is 6.03 Å². The second kappa shape index (κ2) is 11.0. The highest BCUT2D eigenvalue weighted by atomic mass is 79.9. The summed E-state index contributed by atoms with van der Waals surface area (Å²) >= 11 is 9.46. The number of ether oxygens (including phenoxy) is 1. The van der Waals surface area contributed by atoms with Crippen LogP contribution in [0.2, 0.25) is 5.02 Å². The maximum Gasteiger partial charge on any atom is 0.335 e. The molecule has 188 valence electrons. The number of amides is 5. The number of carbonyl (C=O) groups excluding carboxylic acids is 4. The third-order valence-corrected chi connectivity index (χ3v) is 6.46. The molecule has 0 spiro atoms. The molecule has 1 heterocycles. The molecule has 8 nitrogen and oxygen atoms in total. The van der Waals surface area contributed by atoms with Crippen molar-refractivity contribution in [1.82, 2.24) is 5.32 Å². The third kappa shape index (κ3) is 5.90. The number of barbiturate groups is 1. The smallest absolute Gasteiger partial charge is 0.335 e. The Hall–Kier alpha value is -3.95. The second-order valence-electron chi connectivity index (χ2n) is 8.20. The number of benzene rings is 3. The van der Waals surface area contributed by atoms with Gasteiger partial charge in [-0.1, -0.05) is 39.7 Å². The molecule has 1 aliphatic heterocycles. The Labute approximate surface area is 226 Å². The van der Waals surface area contributed by atoms with E-state index in [4.69, 9.17) is 16.3 Å². The van der Waals surface area contributed by atoms with E-state index in [1.165, 1.54) is 18.2 Å². The van der Waals surface area contributed by atoms with Crippen LogP contribution in [0.1, 0.15) is 16.7 Å². The average Bonchev–Trinajstić information content (AvgIpc) is 2.85. The molecule has 3 aromatic carbocycles. The molecule has 0 aromatic heterocycles. The fourth-order valence-corrected chi connectivity index (χ4v) is 4.06. The van der Waals surface area contributed by atoms with E-state index in [1.807, 2.05) is 26.0 Å². The van der Waals surface area contributed by atoms with Gasteiger partial charge in [-0.25, -0.2) is 9.69 Å². The first kappa shape index (κ1) is 26.1. The van der Waals surface area contributed by atoms with Gasteiger partial charge in [-0.2, -0.15) is 0 Å². The van der Waals surface area contributed by atoms with Crippen molar-refractivity contribution in [3.05, 3.63) is 92.4 Å². The van der Waals surface area contributed by atoms with E-state index in [0.717, 1.165) is 20.5 Å². The molecule has 3 aromatic rings. The van der Waals surface area contributed by atoms with Crippen LogP contribution in [0, 0.1) is 13.8 Å². The summed E-state index contributed by atoms with van der Waals surface area (Å²) in [5.41, 5.74) is 2.94. The summed E-state index contributed by atoms with van der Waals surface area (Å²) in [7, 11) is 0. The van der Waals surface area contributed by atoms with E-state index in [1.54, 1.807) is 36.4 Å². The van der Waals surface area contributed by atoms with Crippen molar-refractivity contribution in [1.29, 1.82) is 0 Å². The molecule has 0 bridgehead atoms. The number of nitrogens with one attached hydrogen (secondary N) is 2. The molecule has 0 radical (unpaired) electrons. The van der Waals surface area contributed by atoms with Crippen molar-refractivity contribution in [3.63, 3.8) is 0 Å². The predicted molar refractivity (Wildman–Crippen MR) is 145 cm³/mol. The van der Waals surface area contributed by atoms with Crippen LogP contribution in [0.3, 0.4) is 0 Å². The molecule has 0 unspecified atom stereocenters. The Balaban J connectivity index is 1.58. The zero-order valence-corrected chi connectivity index (χ0v) is 22.1. The van der Waals surface area contributed by atoms with E-state index in [-0.39, 0.29) is 35.1 Å². The van der Waals surface area contributed by atoms with Gasteiger partial charge in [-0.05, 0) is 79.6 Å². The largest absolute Gasteiger partial charge is 0.483 e. The molecule has 5 amide bonds. The number of anilines is 2. The summed E-state index contributed by atoms with van der Waals surface area (Å²) in [5.74, 6) is -1.84. The zero-order valence-electron chi connectivity index (χ0n) is 19.8. The lowest BCUT2D eigenvalue weighted by Crippen LogP contribution is -2.54. The van der Waals surface area contributed by atoms with Crippen molar-refractivity contribution in [2.24, 2.45) is 0 Å². The Morgan fingerprint density at radius 2 is 1.81 bits per heavy atom. The summed E-state index contributed by atoms with van der Waals surface area (Å²) in [6.45, 7) is 3.53. The molecular weight excluding hydrogens is 562 g/mol. The van der Waals surface area contributed by atoms with Gasteiger partial charge in [0.1, 0.15) is 11.3 Å². The monoisotopic (exact) mass is 581 g/mol. The van der Waals surface area contributed by atoms with Gasteiger partial charge in [0.25, 0.3) is 17.7 Å². The minimum atomic E-state index is -0.861. The van der Waals surface area contributed by atoms with Gasteiger partial charge in [0.15, 0.2) is 6.61 Å². The summed E-state index contributed by atoms with van der Waals surface area (Å²) in [5, 5.41) is 5.31. The Bertz CT molecular complexity index is 1450. The summed E-state index contributed by atoms with van der Waals surface area (Å²) < 4.78 is 6.47. The van der Waals surface area contributed by atoms with Gasteiger partial charge in [-0.3, -0.25) is 19.7 Å². The summed E-state index contributed by atoms with van der Waals surface area (Å²) in [6.07, 6.45) is 1.28. The van der Waals surface area contributed by atoms with E-state index < -0.39 is 17.8 Å². The second-order valence-corrected chi connectivity index (χ2v) is 9.55. The lowest BCUT2D eigenvalue weighted by molar-refractivity contribution is -0.122. The van der Waals surface area contributed by atoms with E-state index >= 15 is 0 Å². The molecular formula is C27H21BrClN3O5. The van der Waals surface area contributed by atoms with E-state index in [9.17, 15) is 19.2 Å². The van der Waals surface area contributed by atoms with Gasteiger partial charge < -0.3 is 10.1 Å². The highest BCUT2D eigenvalue weighted by molar-refractivity contribution is 9.10. The Morgan fingerprint density at radius 1 is 1.08 bits per heavy atom. The maximum absolute atomic E-state index is 13.2. The van der Waals surface area contributed by atoms with Crippen LogP contribution in [0.25, 0.3) is 6.08 Å². The van der Waals surface area contributed by atoms with Crippen LogP contribution < -0.4 is 20.3 Å². The lowest BCUT2D eigenvalue weighted by atomic mass is 10.1. The molecule has 4 rings (SSSR count). The minimum absolute atomic E-state index is 0.223. The predicted octanol–water partition coefficient (Wildman–Crippen LogP) is 5.40. The third-order valence-electron chi connectivity index (χ3n) is 5.70. The highest BCUT2D eigenvalue weighted by Gasteiger charge is 2.37. The SMILES string of the molecule is Cc1cccc(NC(=O)COc2ccc(Cl)cc2/C=C2\C(=O)NC(=O)N(c3ccc(Br)cc3)C2=O)c1C. The van der Waals surface area contributed by atoms with Crippen molar-refractivity contribution in [3.8, 4) is 5.75 Å². The number of carbonyl (C=O) groups is 4. The first-order valence-corrected chi connectivity index (χ1v) is 12.3. The normalized spacial score (nSPS) is 14.5. The number of hydrogen-bond donors (Lipinski definition) is 2. The van der Waals surface area contributed by atoms with Crippen LogP contribution in [0.15, 0.2) is 70.7 Å². The molecule has 37 heavy (non-hydrogen) atoms. The minimum Gasteiger partial charge on any atom is -0.483 e. The van der Waals surface area contributed by atoms with Crippen molar-refractivity contribution in [2.75, 3.05) is 16.8 Å². The number of urea groups is 1. The van der Waals surface area contributed by atoms with Crippen LogP contribution in [-0.4, -0.2) is 30.4 Å². The van der Waals surface area contributed by atoms with Crippen LogP contribution in [0.5, 0.6) is 5.75 Å². The molecule has 1 aliphatic rings. The van der Waals surface area contributed by atoms with Crippen molar-refractivity contribution in [2.45, 2.75) is 13.8 Å². The number of halogens is 2. The van der Waals surface area contributed by atoms with Gasteiger partial charge in [0, 0.05) is 20.7 Å². The molecule has 10 heteroatoms. The molecule has 0 aliphatic carbocycles. The number of aryl methyl sites for hydroxylation is 1. The first-order valence-electron chi connectivity index (χ1n) is 11.1. The maximum atomic E-state index is 13.2. The average molecular weight is 583 g/mol. The van der Waals surface area contributed by atoms with E-state index in [0.29, 0.717) is 10.7 Å². The number of hydrogen-bond acceptors (Lipinski definition) is 5. The van der Waals surface area contributed by atoms with E-state index in [2.05, 4.69) is 26.6 Å². The van der Waals surface area contributed by atoms with Gasteiger partial charge in [-0.15, -0.1) is 0 Å². The summed E-state index contributed by atoms with van der Waals surface area (Å²) in [4.78, 5) is 51.6. The Morgan fingerprint density at radius 3 is 2.54 bits per heavy atom. The molecule has 0 saturated carbocycles. The van der Waals surface area contributed by atoms with Gasteiger partial charge in [0.2, 0.25) is 0 Å². The lowest BCUT2D eigenvalue weighted by Gasteiger charge is -2.26. The summed E-state index contributed by atoms with van der Waals surface area (Å²) in [6, 6.07) is 15.8. The number of nitrogens with zero attached hydrogens (tertiary/aromatic N) is 1. The first-order chi connectivity index (χ1) is 17.6. The van der Waals surface area contributed by atoms with Crippen molar-refractivity contribution >= 4 is 68.7 Å². The van der Waals surface area contributed by atoms with Crippen LogP contribution in [-0.2, 0) is 14.4 Å². The zero-order chi connectivity index (χ0) is 26.7. The van der Waals surface area contributed by atoms with Gasteiger partial charge in [0.05, 0.1) is 5.69 Å². The quantitative estimate of drug-likeness (QED) is 0.299. The Kier molecular flexibility index (Phi) is 7.75. The fraction of sp³-hybridized carbons (Fsp3) is 0.111. The van der Waals surface area contributed by atoms with Crippen molar-refractivity contribution < 1.29 is 23.9 Å². The fourth-order valence-electron chi connectivity index (χ4n) is 3.62. The molecule has 0 atom stereocenters. The molecule has 1 fully saturated rings. The standard InChI is InChI=1S/C27H21BrClN3O5/c1-15-4-3-5-22(16(15)2)30-24(33)14-37-23-11-8-19(29)12-17(23)13-21-25(34)31-27(36)32(26(21)35)20-9-6-18(28)7-10-20/h3-13H,14H2,1-2H3,(H,30,33)(H,31,34,36)/b21-13+. The highest BCUT2D eigenvalue weighted by Crippen LogP contribution is 2.28. The molecule has 1 saturated heterocycles. The molecule has 2 N–H and O–H groups in total.